The van der Waals surface area contributed by atoms with Gasteiger partial charge in [0.1, 0.15) is 5.82 Å². The van der Waals surface area contributed by atoms with Gasteiger partial charge in [0.05, 0.1) is 0 Å². The number of benzene rings is 1. The van der Waals surface area contributed by atoms with Crippen molar-refractivity contribution in [2.75, 3.05) is 6.54 Å². The summed E-state index contributed by atoms with van der Waals surface area (Å²) >= 11 is 0. The second-order valence-electron chi connectivity index (χ2n) is 5.02. The lowest BCUT2D eigenvalue weighted by Gasteiger charge is -2.20. The third-order valence-electron chi connectivity index (χ3n) is 3.19. The second-order valence-corrected chi connectivity index (χ2v) is 5.02. The van der Waals surface area contributed by atoms with Crippen LogP contribution in [0.1, 0.15) is 49.8 Å². The van der Waals surface area contributed by atoms with Crippen LogP contribution in [0.3, 0.4) is 0 Å². The monoisotopic (exact) mass is 291 g/mol. The summed E-state index contributed by atoms with van der Waals surface area (Å²) in [5.74, 6) is -0.318. The summed E-state index contributed by atoms with van der Waals surface area (Å²) in [6, 6.07) is 4.62. The van der Waals surface area contributed by atoms with Crippen LogP contribution in [0.2, 0.25) is 0 Å². The second kappa shape index (κ2) is 7.62. The first-order chi connectivity index (χ1) is 9.33. The highest BCUT2D eigenvalue weighted by atomic mass is 19.4. The van der Waals surface area contributed by atoms with Gasteiger partial charge in [0.2, 0.25) is 0 Å². The highest BCUT2D eigenvalue weighted by Gasteiger charge is 2.26. The van der Waals surface area contributed by atoms with Gasteiger partial charge in [-0.2, -0.15) is 13.2 Å². The summed E-state index contributed by atoms with van der Waals surface area (Å²) in [5, 5.41) is 3.18. The number of rotatable bonds is 7. The molecule has 0 aromatic heterocycles. The van der Waals surface area contributed by atoms with Gasteiger partial charge in [-0.05, 0) is 49.9 Å². The lowest BCUT2D eigenvalue weighted by molar-refractivity contribution is -0.135. The fraction of sp³-hybridized carbons (Fsp3) is 0.600. The number of alkyl halides is 3. The molecule has 0 aliphatic carbocycles. The van der Waals surface area contributed by atoms with E-state index >= 15 is 0 Å². The fourth-order valence-electron chi connectivity index (χ4n) is 2.04. The van der Waals surface area contributed by atoms with E-state index in [1.54, 1.807) is 19.1 Å². The van der Waals surface area contributed by atoms with Crippen molar-refractivity contribution in [1.82, 2.24) is 5.32 Å². The van der Waals surface area contributed by atoms with Gasteiger partial charge in [-0.1, -0.05) is 19.1 Å². The van der Waals surface area contributed by atoms with Crippen molar-refractivity contribution >= 4 is 0 Å². The van der Waals surface area contributed by atoms with E-state index in [4.69, 9.17) is 0 Å². The van der Waals surface area contributed by atoms with E-state index < -0.39 is 12.6 Å². The Hall–Kier alpha value is -1.10. The molecule has 0 fully saturated rings. The smallest absolute Gasteiger partial charge is 0.310 e. The molecular weight excluding hydrogens is 270 g/mol. The summed E-state index contributed by atoms with van der Waals surface area (Å²) in [6.07, 6.45) is -3.66. The molecule has 1 unspecified atom stereocenters. The SMILES string of the molecule is CCCNC(CCCC(F)(F)F)c1ccc(C)c(F)c1. The molecule has 0 aliphatic heterocycles. The predicted molar refractivity (Wildman–Crippen MR) is 72.1 cm³/mol. The molecule has 1 aromatic carbocycles. The first-order valence-electron chi connectivity index (χ1n) is 6.89. The molecule has 1 nitrogen and oxygen atoms in total. The zero-order valence-corrected chi connectivity index (χ0v) is 11.9. The number of nitrogens with one attached hydrogen (secondary N) is 1. The highest BCUT2D eigenvalue weighted by Crippen LogP contribution is 2.27. The summed E-state index contributed by atoms with van der Waals surface area (Å²) in [7, 11) is 0. The Balaban J connectivity index is 2.69. The fourth-order valence-corrected chi connectivity index (χ4v) is 2.04. The standard InChI is InChI=1S/C15H21F4N/c1-3-9-20-14(5-4-8-15(17,18)19)12-7-6-11(2)13(16)10-12/h6-7,10,14,20H,3-5,8-9H2,1-2H3. The number of hydrogen-bond acceptors (Lipinski definition) is 1. The van der Waals surface area contributed by atoms with Crippen molar-refractivity contribution < 1.29 is 17.6 Å². The van der Waals surface area contributed by atoms with Crippen LogP contribution < -0.4 is 5.32 Å². The lowest BCUT2D eigenvalue weighted by Crippen LogP contribution is -2.23. The first-order valence-corrected chi connectivity index (χ1v) is 6.89. The van der Waals surface area contributed by atoms with Gasteiger partial charge in [0.25, 0.3) is 0 Å². The van der Waals surface area contributed by atoms with Crippen molar-refractivity contribution in [2.45, 2.75) is 51.7 Å². The van der Waals surface area contributed by atoms with E-state index in [0.29, 0.717) is 24.1 Å². The average molecular weight is 291 g/mol. The highest BCUT2D eigenvalue weighted by molar-refractivity contribution is 5.25. The molecule has 0 aliphatic rings. The predicted octanol–water partition coefficient (Wildman–Crippen LogP) is 4.91. The van der Waals surface area contributed by atoms with Gasteiger partial charge in [0, 0.05) is 12.5 Å². The Morgan fingerprint density at radius 3 is 2.50 bits per heavy atom. The zero-order chi connectivity index (χ0) is 15.2. The van der Waals surface area contributed by atoms with Crippen LogP contribution in [0.25, 0.3) is 0 Å². The lowest BCUT2D eigenvalue weighted by atomic mass is 9.99. The zero-order valence-electron chi connectivity index (χ0n) is 11.9. The van der Waals surface area contributed by atoms with E-state index in [9.17, 15) is 17.6 Å². The maximum absolute atomic E-state index is 13.6. The molecule has 1 rings (SSSR count). The molecule has 1 N–H and O–H groups in total. The molecule has 0 bridgehead atoms. The molecule has 5 heteroatoms. The van der Waals surface area contributed by atoms with E-state index in [-0.39, 0.29) is 18.3 Å². The molecule has 0 spiro atoms. The van der Waals surface area contributed by atoms with Crippen LogP contribution >= 0.6 is 0 Å². The minimum Gasteiger partial charge on any atom is -0.310 e. The summed E-state index contributed by atoms with van der Waals surface area (Å²) < 4.78 is 50.2. The van der Waals surface area contributed by atoms with Crippen molar-refractivity contribution in [3.05, 3.63) is 35.1 Å². The van der Waals surface area contributed by atoms with Crippen LogP contribution in [0.4, 0.5) is 17.6 Å². The molecule has 114 valence electrons. The van der Waals surface area contributed by atoms with Gasteiger partial charge in [-0.3, -0.25) is 0 Å². The topological polar surface area (TPSA) is 12.0 Å². The van der Waals surface area contributed by atoms with Gasteiger partial charge < -0.3 is 5.32 Å². The molecule has 0 heterocycles. The Labute approximate surface area is 117 Å². The van der Waals surface area contributed by atoms with Gasteiger partial charge >= 0.3 is 6.18 Å². The minimum absolute atomic E-state index is 0.0420. The normalized spacial score (nSPS) is 13.5. The number of hydrogen-bond donors (Lipinski definition) is 1. The summed E-state index contributed by atoms with van der Waals surface area (Å²) in [4.78, 5) is 0. The van der Waals surface area contributed by atoms with Crippen molar-refractivity contribution in [3.8, 4) is 0 Å². The van der Waals surface area contributed by atoms with Crippen molar-refractivity contribution in [1.29, 1.82) is 0 Å². The molecular formula is C15H21F4N. The molecule has 0 saturated carbocycles. The maximum atomic E-state index is 13.6. The molecule has 0 amide bonds. The Bertz CT molecular complexity index is 415. The average Bonchev–Trinajstić information content (AvgIpc) is 2.35. The van der Waals surface area contributed by atoms with Gasteiger partial charge in [-0.15, -0.1) is 0 Å². The quantitative estimate of drug-likeness (QED) is 0.704. The van der Waals surface area contributed by atoms with E-state index in [1.807, 2.05) is 6.92 Å². The van der Waals surface area contributed by atoms with Crippen LogP contribution in [0.15, 0.2) is 18.2 Å². The maximum Gasteiger partial charge on any atom is 0.389 e. The number of aryl methyl sites for hydroxylation is 1. The van der Waals surface area contributed by atoms with Crippen molar-refractivity contribution in [3.63, 3.8) is 0 Å². The van der Waals surface area contributed by atoms with Crippen LogP contribution in [0, 0.1) is 12.7 Å². The third kappa shape index (κ3) is 5.90. The van der Waals surface area contributed by atoms with E-state index in [2.05, 4.69) is 5.32 Å². The molecule has 0 saturated heterocycles. The van der Waals surface area contributed by atoms with Crippen molar-refractivity contribution in [2.24, 2.45) is 0 Å². The van der Waals surface area contributed by atoms with Gasteiger partial charge in [-0.25, -0.2) is 4.39 Å². The Morgan fingerprint density at radius 1 is 1.25 bits per heavy atom. The molecule has 1 atom stereocenters. The molecule has 1 aromatic rings. The summed E-state index contributed by atoms with van der Waals surface area (Å²) in [6.45, 7) is 4.35. The third-order valence-corrected chi connectivity index (χ3v) is 3.19. The van der Waals surface area contributed by atoms with Crippen LogP contribution in [0.5, 0.6) is 0 Å². The van der Waals surface area contributed by atoms with Gasteiger partial charge in [0.15, 0.2) is 0 Å². The first kappa shape index (κ1) is 17.0. The molecule has 0 radical (unpaired) electrons. The van der Waals surface area contributed by atoms with E-state index in [0.717, 1.165) is 6.42 Å². The Kier molecular flexibility index (Phi) is 6.46. The largest absolute Gasteiger partial charge is 0.389 e. The Morgan fingerprint density at radius 2 is 1.95 bits per heavy atom. The molecule has 20 heavy (non-hydrogen) atoms. The van der Waals surface area contributed by atoms with Crippen LogP contribution in [-0.2, 0) is 0 Å². The minimum atomic E-state index is -4.13. The number of halogens is 4. The van der Waals surface area contributed by atoms with Crippen LogP contribution in [-0.4, -0.2) is 12.7 Å². The van der Waals surface area contributed by atoms with E-state index in [1.165, 1.54) is 6.07 Å². The summed E-state index contributed by atoms with van der Waals surface area (Å²) in [5.41, 5.74) is 1.25.